The molecule has 1 aromatic carbocycles. The van der Waals surface area contributed by atoms with Crippen molar-refractivity contribution in [2.24, 2.45) is 5.73 Å². The normalized spacial score (nSPS) is 15.1. The predicted octanol–water partition coefficient (Wildman–Crippen LogP) is 4.95. The molecule has 0 saturated heterocycles. The maximum atomic E-state index is 4.50. The van der Waals surface area contributed by atoms with Gasteiger partial charge in [-0.25, -0.2) is 0 Å². The Morgan fingerprint density at radius 1 is 1.11 bits per heavy atom. The highest BCUT2D eigenvalue weighted by atomic mass is 79.9. The fourth-order valence-electron chi connectivity index (χ4n) is 2.07. The summed E-state index contributed by atoms with van der Waals surface area (Å²) in [6.45, 7) is 0. The summed E-state index contributed by atoms with van der Waals surface area (Å²) in [6.07, 6.45) is 6.75. The Kier molecular flexibility index (Phi) is 10.2. The molecule has 0 unspecified atom stereocenters. The van der Waals surface area contributed by atoms with Gasteiger partial charge < -0.3 is 11.1 Å². The zero-order valence-electron chi connectivity index (χ0n) is 10.6. The first-order valence-corrected chi connectivity index (χ1v) is 7.63. The van der Waals surface area contributed by atoms with Crippen LogP contribution in [0.25, 0.3) is 0 Å². The van der Waals surface area contributed by atoms with E-state index in [1.165, 1.54) is 44.8 Å². The monoisotopic (exact) mass is 398 g/mol. The quantitative estimate of drug-likeness (QED) is 0.737. The molecule has 0 heterocycles. The molecule has 0 aliphatic heterocycles. The van der Waals surface area contributed by atoms with E-state index in [0.29, 0.717) is 6.04 Å². The molecule has 0 aromatic heterocycles. The van der Waals surface area contributed by atoms with E-state index in [2.05, 4.69) is 61.1 Å². The van der Waals surface area contributed by atoms with E-state index in [-0.39, 0.29) is 12.4 Å². The summed E-state index contributed by atoms with van der Waals surface area (Å²) >= 11 is 7.05. The molecular formula is C13H21Br2ClN2. The Morgan fingerprint density at radius 3 is 2.28 bits per heavy atom. The van der Waals surface area contributed by atoms with Gasteiger partial charge in [0.05, 0.1) is 0 Å². The van der Waals surface area contributed by atoms with Crippen LogP contribution in [0.5, 0.6) is 0 Å². The van der Waals surface area contributed by atoms with Crippen LogP contribution in [-0.2, 0) is 0 Å². The highest BCUT2D eigenvalue weighted by molar-refractivity contribution is 9.11. The minimum absolute atomic E-state index is 0. The van der Waals surface area contributed by atoms with E-state index in [9.17, 15) is 0 Å². The molecule has 1 aromatic rings. The molecule has 104 valence electrons. The first-order valence-electron chi connectivity index (χ1n) is 6.05. The van der Waals surface area contributed by atoms with Gasteiger partial charge in [0.2, 0.25) is 0 Å². The van der Waals surface area contributed by atoms with Crippen LogP contribution in [0.4, 0.5) is 5.69 Å². The highest BCUT2D eigenvalue weighted by Crippen LogP contribution is 2.29. The minimum atomic E-state index is 0. The van der Waals surface area contributed by atoms with Gasteiger partial charge in [-0.2, -0.15) is 0 Å². The molecule has 1 fully saturated rings. The van der Waals surface area contributed by atoms with E-state index >= 15 is 0 Å². The van der Waals surface area contributed by atoms with Crippen molar-refractivity contribution in [3.63, 3.8) is 0 Å². The van der Waals surface area contributed by atoms with Crippen molar-refractivity contribution in [1.29, 1.82) is 0 Å². The van der Waals surface area contributed by atoms with Crippen LogP contribution in [0, 0.1) is 0 Å². The molecular weight excluding hydrogens is 379 g/mol. The standard InChI is InChI=1S/C12H15Br2N.CH5N.ClH/c13-9-6-7-12(11(14)8-9)15-10-4-2-1-3-5-10;1-2;/h6-8,10,15H,1-5H2;2H2,1H3;1H. The number of hydrogen-bond acceptors (Lipinski definition) is 2. The van der Waals surface area contributed by atoms with Crippen molar-refractivity contribution < 1.29 is 0 Å². The lowest BCUT2D eigenvalue weighted by molar-refractivity contribution is 0.462. The molecule has 2 rings (SSSR count). The minimum Gasteiger partial charge on any atom is -0.381 e. The third kappa shape index (κ3) is 5.91. The molecule has 0 radical (unpaired) electrons. The van der Waals surface area contributed by atoms with Crippen molar-refractivity contribution in [2.45, 2.75) is 38.1 Å². The van der Waals surface area contributed by atoms with Crippen molar-refractivity contribution >= 4 is 50.0 Å². The summed E-state index contributed by atoms with van der Waals surface area (Å²) in [5.74, 6) is 0. The van der Waals surface area contributed by atoms with Crippen LogP contribution in [0.3, 0.4) is 0 Å². The third-order valence-corrected chi connectivity index (χ3v) is 4.05. The molecule has 0 spiro atoms. The molecule has 2 nitrogen and oxygen atoms in total. The van der Waals surface area contributed by atoms with Crippen LogP contribution in [0.1, 0.15) is 32.1 Å². The van der Waals surface area contributed by atoms with Gasteiger partial charge in [0, 0.05) is 20.7 Å². The van der Waals surface area contributed by atoms with Crippen LogP contribution in [0.2, 0.25) is 0 Å². The zero-order chi connectivity index (χ0) is 12.7. The summed E-state index contributed by atoms with van der Waals surface area (Å²) in [5.41, 5.74) is 5.71. The van der Waals surface area contributed by atoms with E-state index in [1.807, 2.05) is 0 Å². The highest BCUT2D eigenvalue weighted by Gasteiger charge is 2.13. The molecule has 18 heavy (non-hydrogen) atoms. The topological polar surface area (TPSA) is 38.0 Å². The second kappa shape index (κ2) is 10.1. The first-order chi connectivity index (χ1) is 8.25. The first kappa shape index (κ1) is 18.2. The molecule has 5 heteroatoms. The maximum Gasteiger partial charge on any atom is 0.0487 e. The predicted molar refractivity (Wildman–Crippen MR) is 89.7 cm³/mol. The van der Waals surface area contributed by atoms with Crippen molar-refractivity contribution in [2.75, 3.05) is 12.4 Å². The van der Waals surface area contributed by atoms with Gasteiger partial charge in [0.1, 0.15) is 0 Å². The number of nitrogens with two attached hydrogens (primary N) is 1. The Bertz CT molecular complexity index is 342. The Morgan fingerprint density at radius 2 is 1.72 bits per heavy atom. The number of anilines is 1. The van der Waals surface area contributed by atoms with Gasteiger partial charge in [-0.3, -0.25) is 0 Å². The molecule has 1 aliphatic carbocycles. The molecule has 0 bridgehead atoms. The van der Waals surface area contributed by atoms with Gasteiger partial charge in [-0.1, -0.05) is 35.2 Å². The lowest BCUT2D eigenvalue weighted by Crippen LogP contribution is -2.22. The van der Waals surface area contributed by atoms with Crippen LogP contribution in [-0.4, -0.2) is 13.1 Å². The average molecular weight is 401 g/mol. The van der Waals surface area contributed by atoms with Gasteiger partial charge in [-0.15, -0.1) is 12.4 Å². The molecule has 0 amide bonds. The molecule has 1 aliphatic rings. The molecule has 3 N–H and O–H groups in total. The Labute approximate surface area is 133 Å². The van der Waals surface area contributed by atoms with Gasteiger partial charge >= 0.3 is 0 Å². The van der Waals surface area contributed by atoms with Gasteiger partial charge in [0.15, 0.2) is 0 Å². The maximum absolute atomic E-state index is 4.50. The van der Waals surface area contributed by atoms with Crippen molar-refractivity contribution in [1.82, 2.24) is 0 Å². The SMILES string of the molecule is Brc1ccc(NC2CCCCC2)c(Br)c1.CN.Cl. The summed E-state index contributed by atoms with van der Waals surface area (Å²) in [7, 11) is 1.50. The Balaban J connectivity index is 0.000000917. The lowest BCUT2D eigenvalue weighted by atomic mass is 9.95. The second-order valence-corrected chi connectivity index (χ2v) is 5.87. The fraction of sp³-hybridized carbons (Fsp3) is 0.538. The molecule has 0 atom stereocenters. The number of halogens is 3. The second-order valence-electron chi connectivity index (χ2n) is 4.10. The van der Waals surface area contributed by atoms with E-state index < -0.39 is 0 Å². The lowest BCUT2D eigenvalue weighted by Gasteiger charge is -2.24. The van der Waals surface area contributed by atoms with Crippen molar-refractivity contribution in [3.05, 3.63) is 27.1 Å². The van der Waals surface area contributed by atoms with Crippen LogP contribution >= 0.6 is 44.3 Å². The van der Waals surface area contributed by atoms with Crippen LogP contribution < -0.4 is 11.1 Å². The third-order valence-electron chi connectivity index (χ3n) is 2.90. The van der Waals surface area contributed by atoms with E-state index in [0.717, 1.165) is 8.95 Å². The molecule has 1 saturated carbocycles. The average Bonchev–Trinajstić information content (AvgIpc) is 2.37. The summed E-state index contributed by atoms with van der Waals surface area (Å²) in [5, 5.41) is 3.61. The smallest absolute Gasteiger partial charge is 0.0487 e. The Hall–Kier alpha value is 0.230. The number of nitrogens with one attached hydrogen (secondary N) is 1. The van der Waals surface area contributed by atoms with Crippen LogP contribution in [0.15, 0.2) is 27.1 Å². The summed E-state index contributed by atoms with van der Waals surface area (Å²) < 4.78 is 2.26. The number of hydrogen-bond donors (Lipinski definition) is 2. The van der Waals surface area contributed by atoms with Gasteiger partial charge in [0.25, 0.3) is 0 Å². The summed E-state index contributed by atoms with van der Waals surface area (Å²) in [4.78, 5) is 0. The van der Waals surface area contributed by atoms with E-state index in [1.54, 1.807) is 0 Å². The number of benzene rings is 1. The largest absolute Gasteiger partial charge is 0.381 e. The number of rotatable bonds is 2. The van der Waals surface area contributed by atoms with Gasteiger partial charge in [-0.05, 0) is 54.0 Å². The van der Waals surface area contributed by atoms with E-state index in [4.69, 9.17) is 0 Å². The fourth-order valence-corrected chi connectivity index (χ4v) is 3.23. The van der Waals surface area contributed by atoms with Crippen molar-refractivity contribution in [3.8, 4) is 0 Å². The summed E-state index contributed by atoms with van der Waals surface area (Å²) in [6, 6.07) is 6.96. The zero-order valence-corrected chi connectivity index (χ0v) is 14.6.